The third-order valence-electron chi connectivity index (χ3n) is 1.82. The van der Waals surface area contributed by atoms with E-state index in [2.05, 4.69) is 15.9 Å². The zero-order chi connectivity index (χ0) is 8.27. The first-order valence-electron chi connectivity index (χ1n) is 3.76. The van der Waals surface area contributed by atoms with E-state index in [1.54, 1.807) is 4.90 Å². The van der Waals surface area contributed by atoms with Crippen molar-refractivity contribution in [3.8, 4) is 0 Å². The number of nitrogens with zero attached hydrogens (tertiary/aromatic N) is 1. The molecule has 1 amide bonds. The van der Waals surface area contributed by atoms with Gasteiger partial charge in [0.2, 0.25) is 5.91 Å². The molecule has 1 heterocycles. The topological polar surface area (TPSA) is 40.5 Å². The Balaban J connectivity index is 2.31. The second kappa shape index (κ2) is 4.07. The van der Waals surface area contributed by atoms with Gasteiger partial charge in [0.1, 0.15) is 0 Å². The molecule has 0 aromatic heterocycles. The minimum atomic E-state index is -0.297. The number of hydrogen-bond acceptors (Lipinski definition) is 2. The first kappa shape index (κ1) is 9.00. The SMILES string of the molecule is O=C(CCBr)N1CCC(O)C1. The highest BCUT2D eigenvalue weighted by Gasteiger charge is 2.23. The molecule has 4 heteroatoms. The summed E-state index contributed by atoms with van der Waals surface area (Å²) in [6.07, 6.45) is 0.968. The Labute approximate surface area is 74.5 Å². The molecule has 1 aliphatic rings. The second-order valence-electron chi connectivity index (χ2n) is 2.72. The number of likely N-dealkylation sites (tertiary alicyclic amines) is 1. The van der Waals surface area contributed by atoms with E-state index < -0.39 is 0 Å². The van der Waals surface area contributed by atoms with E-state index in [4.69, 9.17) is 5.11 Å². The summed E-state index contributed by atoms with van der Waals surface area (Å²) in [5.74, 6) is 0.137. The van der Waals surface area contributed by atoms with Crippen molar-refractivity contribution in [2.75, 3.05) is 18.4 Å². The summed E-state index contributed by atoms with van der Waals surface area (Å²) >= 11 is 3.20. The summed E-state index contributed by atoms with van der Waals surface area (Å²) in [6, 6.07) is 0. The number of rotatable bonds is 2. The molecular formula is C7H12BrNO2. The fourth-order valence-corrected chi connectivity index (χ4v) is 1.55. The Morgan fingerprint density at radius 1 is 1.73 bits per heavy atom. The lowest BCUT2D eigenvalue weighted by Crippen LogP contribution is -2.29. The molecule has 64 valence electrons. The third-order valence-corrected chi connectivity index (χ3v) is 2.22. The third kappa shape index (κ3) is 2.45. The molecule has 0 spiro atoms. The van der Waals surface area contributed by atoms with Crippen LogP contribution in [0.4, 0.5) is 0 Å². The zero-order valence-electron chi connectivity index (χ0n) is 6.29. The first-order chi connectivity index (χ1) is 5.24. The molecule has 1 saturated heterocycles. The monoisotopic (exact) mass is 221 g/mol. The number of amides is 1. The van der Waals surface area contributed by atoms with Crippen molar-refractivity contribution in [1.82, 2.24) is 4.90 Å². The maximum absolute atomic E-state index is 11.2. The number of halogens is 1. The van der Waals surface area contributed by atoms with Gasteiger partial charge in [-0.3, -0.25) is 4.79 Å². The number of carbonyl (C=O) groups excluding carboxylic acids is 1. The predicted octanol–water partition coefficient (Wildman–Crippen LogP) is 0.365. The summed E-state index contributed by atoms with van der Waals surface area (Å²) in [5, 5.41) is 9.82. The van der Waals surface area contributed by atoms with E-state index in [1.807, 2.05) is 0 Å². The van der Waals surface area contributed by atoms with Crippen LogP contribution >= 0.6 is 15.9 Å². The van der Waals surface area contributed by atoms with Gasteiger partial charge in [0, 0.05) is 24.8 Å². The van der Waals surface area contributed by atoms with Crippen molar-refractivity contribution in [3.63, 3.8) is 0 Å². The molecule has 1 N–H and O–H groups in total. The van der Waals surface area contributed by atoms with E-state index >= 15 is 0 Å². The minimum absolute atomic E-state index is 0.137. The molecule has 0 radical (unpaired) electrons. The molecule has 0 aromatic rings. The molecule has 1 atom stereocenters. The molecule has 1 unspecified atom stereocenters. The molecule has 1 rings (SSSR count). The number of hydrogen-bond donors (Lipinski definition) is 1. The van der Waals surface area contributed by atoms with E-state index in [9.17, 15) is 4.79 Å². The van der Waals surface area contributed by atoms with Crippen LogP contribution in [0.1, 0.15) is 12.8 Å². The van der Waals surface area contributed by atoms with Crippen molar-refractivity contribution in [1.29, 1.82) is 0 Å². The summed E-state index contributed by atoms with van der Waals surface area (Å²) in [4.78, 5) is 12.9. The molecule has 0 saturated carbocycles. The Bertz CT molecular complexity index is 151. The molecule has 11 heavy (non-hydrogen) atoms. The van der Waals surface area contributed by atoms with Gasteiger partial charge in [-0.2, -0.15) is 0 Å². The van der Waals surface area contributed by atoms with Crippen LogP contribution in [0.3, 0.4) is 0 Å². The lowest BCUT2D eigenvalue weighted by molar-refractivity contribution is -0.130. The standard InChI is InChI=1S/C7H12BrNO2/c8-3-1-7(11)9-4-2-6(10)5-9/h6,10H,1-5H2. The van der Waals surface area contributed by atoms with E-state index in [0.29, 0.717) is 24.8 Å². The summed E-state index contributed by atoms with van der Waals surface area (Å²) < 4.78 is 0. The summed E-state index contributed by atoms with van der Waals surface area (Å²) in [7, 11) is 0. The van der Waals surface area contributed by atoms with Gasteiger partial charge in [0.05, 0.1) is 6.10 Å². The average molecular weight is 222 g/mol. The largest absolute Gasteiger partial charge is 0.391 e. The fourth-order valence-electron chi connectivity index (χ4n) is 1.21. The Morgan fingerprint density at radius 2 is 2.45 bits per heavy atom. The number of alkyl halides is 1. The van der Waals surface area contributed by atoms with Crippen molar-refractivity contribution in [2.45, 2.75) is 18.9 Å². The van der Waals surface area contributed by atoms with Gasteiger partial charge in [-0.1, -0.05) is 15.9 Å². The Kier molecular flexibility index (Phi) is 3.33. The van der Waals surface area contributed by atoms with Gasteiger partial charge in [-0.15, -0.1) is 0 Å². The van der Waals surface area contributed by atoms with Gasteiger partial charge >= 0.3 is 0 Å². The highest BCUT2D eigenvalue weighted by molar-refractivity contribution is 9.09. The lowest BCUT2D eigenvalue weighted by Gasteiger charge is -2.13. The van der Waals surface area contributed by atoms with Crippen LogP contribution < -0.4 is 0 Å². The van der Waals surface area contributed by atoms with Gasteiger partial charge in [0.15, 0.2) is 0 Å². The van der Waals surface area contributed by atoms with Crippen LogP contribution in [0.25, 0.3) is 0 Å². The van der Waals surface area contributed by atoms with Crippen molar-refractivity contribution < 1.29 is 9.90 Å². The number of β-amino-alcohol motifs (C(OH)–C–C–N with tert-alkyl or cyclic N) is 1. The predicted molar refractivity (Wildman–Crippen MR) is 45.6 cm³/mol. The van der Waals surface area contributed by atoms with Gasteiger partial charge < -0.3 is 10.0 Å². The van der Waals surface area contributed by atoms with Crippen molar-refractivity contribution in [3.05, 3.63) is 0 Å². The quantitative estimate of drug-likeness (QED) is 0.685. The van der Waals surface area contributed by atoms with Crippen molar-refractivity contribution in [2.24, 2.45) is 0 Å². The zero-order valence-corrected chi connectivity index (χ0v) is 7.88. The molecule has 0 aliphatic carbocycles. The molecule has 0 aromatic carbocycles. The molecular weight excluding hydrogens is 210 g/mol. The Morgan fingerprint density at radius 3 is 2.91 bits per heavy atom. The van der Waals surface area contributed by atoms with Gasteiger partial charge in [0.25, 0.3) is 0 Å². The smallest absolute Gasteiger partial charge is 0.223 e. The number of aliphatic hydroxyl groups is 1. The highest BCUT2D eigenvalue weighted by Crippen LogP contribution is 2.10. The molecule has 3 nitrogen and oxygen atoms in total. The van der Waals surface area contributed by atoms with Gasteiger partial charge in [-0.25, -0.2) is 0 Å². The molecule has 1 aliphatic heterocycles. The van der Waals surface area contributed by atoms with Crippen LogP contribution in [0, 0.1) is 0 Å². The maximum atomic E-state index is 11.2. The highest BCUT2D eigenvalue weighted by atomic mass is 79.9. The minimum Gasteiger partial charge on any atom is -0.391 e. The van der Waals surface area contributed by atoms with E-state index in [-0.39, 0.29) is 12.0 Å². The molecule has 0 bridgehead atoms. The Hall–Kier alpha value is -0.0900. The van der Waals surface area contributed by atoms with Crippen LogP contribution in [0.2, 0.25) is 0 Å². The van der Waals surface area contributed by atoms with Crippen LogP contribution in [0.5, 0.6) is 0 Å². The number of carbonyl (C=O) groups is 1. The van der Waals surface area contributed by atoms with Crippen molar-refractivity contribution >= 4 is 21.8 Å². The van der Waals surface area contributed by atoms with Crippen LogP contribution in [-0.2, 0) is 4.79 Å². The van der Waals surface area contributed by atoms with E-state index in [0.717, 1.165) is 6.42 Å². The lowest BCUT2D eigenvalue weighted by atomic mass is 10.3. The maximum Gasteiger partial charge on any atom is 0.223 e. The van der Waals surface area contributed by atoms with E-state index in [1.165, 1.54) is 0 Å². The first-order valence-corrected chi connectivity index (χ1v) is 4.88. The average Bonchev–Trinajstić information content (AvgIpc) is 2.36. The fraction of sp³-hybridized carbons (Fsp3) is 0.857. The summed E-state index contributed by atoms with van der Waals surface area (Å²) in [6.45, 7) is 1.23. The number of aliphatic hydroxyl groups excluding tert-OH is 1. The molecule has 1 fully saturated rings. The van der Waals surface area contributed by atoms with Crippen LogP contribution in [-0.4, -0.2) is 40.4 Å². The van der Waals surface area contributed by atoms with Gasteiger partial charge in [-0.05, 0) is 6.42 Å². The summed E-state index contributed by atoms with van der Waals surface area (Å²) in [5.41, 5.74) is 0. The second-order valence-corrected chi connectivity index (χ2v) is 3.51. The van der Waals surface area contributed by atoms with Crippen LogP contribution in [0.15, 0.2) is 0 Å². The normalized spacial score (nSPS) is 24.2.